The highest BCUT2D eigenvalue weighted by Gasteiger charge is 2.04. The first-order valence-corrected chi connectivity index (χ1v) is 7.14. The molecule has 0 saturated heterocycles. The first-order valence-electron chi connectivity index (χ1n) is 7.14. The Hall–Kier alpha value is -2.69. The van der Waals surface area contributed by atoms with Gasteiger partial charge in [0.25, 0.3) is 0 Å². The quantitative estimate of drug-likeness (QED) is 0.710. The number of hydrogen-bond acceptors (Lipinski definition) is 4. The van der Waals surface area contributed by atoms with E-state index in [1.807, 2.05) is 42.5 Å². The summed E-state index contributed by atoms with van der Waals surface area (Å²) in [6.07, 6.45) is 1.73. The van der Waals surface area contributed by atoms with Crippen molar-refractivity contribution in [2.75, 3.05) is 13.7 Å². The Kier molecular flexibility index (Phi) is 4.14. The molecule has 0 unspecified atom stereocenters. The van der Waals surface area contributed by atoms with E-state index in [-0.39, 0.29) is 0 Å². The lowest BCUT2D eigenvalue weighted by molar-refractivity contribution is 0.289. The number of rotatable bonds is 6. The van der Waals surface area contributed by atoms with Crippen LogP contribution in [0.5, 0.6) is 11.5 Å². The Morgan fingerprint density at radius 3 is 2.77 bits per heavy atom. The predicted octanol–water partition coefficient (Wildman–Crippen LogP) is 3.14. The third-order valence-electron chi connectivity index (χ3n) is 3.42. The molecule has 0 saturated carbocycles. The number of aryl methyl sites for hydroxylation is 1. The number of methoxy groups -OCH3 is 1. The summed E-state index contributed by atoms with van der Waals surface area (Å²) in [7, 11) is 1.63. The number of para-hydroxylation sites is 2. The highest BCUT2D eigenvalue weighted by Crippen LogP contribution is 2.25. The minimum absolute atomic E-state index is 0.424. The van der Waals surface area contributed by atoms with Gasteiger partial charge < -0.3 is 13.9 Å². The van der Waals surface area contributed by atoms with Crippen molar-refractivity contribution in [2.45, 2.75) is 12.8 Å². The maximum Gasteiger partial charge on any atom is 0.417 e. The summed E-state index contributed by atoms with van der Waals surface area (Å²) in [6.45, 7) is 0.598. The number of ether oxygens (including phenoxy) is 2. The van der Waals surface area contributed by atoms with Crippen LogP contribution in [0.15, 0.2) is 51.7 Å². The molecule has 0 aliphatic rings. The molecule has 22 heavy (non-hydrogen) atoms. The van der Waals surface area contributed by atoms with Gasteiger partial charge in [0.05, 0.1) is 19.2 Å². The number of fused-ring (bicyclic) bond motifs is 1. The van der Waals surface area contributed by atoms with E-state index >= 15 is 0 Å². The smallest absolute Gasteiger partial charge is 0.417 e. The normalized spacial score (nSPS) is 10.8. The van der Waals surface area contributed by atoms with Crippen LogP contribution in [0.4, 0.5) is 0 Å². The lowest BCUT2D eigenvalue weighted by Gasteiger charge is -2.10. The fourth-order valence-corrected chi connectivity index (χ4v) is 2.35. The van der Waals surface area contributed by atoms with Crippen LogP contribution in [-0.4, -0.2) is 18.7 Å². The number of nitrogens with one attached hydrogen (secondary N) is 1. The second-order valence-corrected chi connectivity index (χ2v) is 4.95. The van der Waals surface area contributed by atoms with Gasteiger partial charge in [-0.25, -0.2) is 4.79 Å². The molecular formula is C17H17NO4. The average Bonchev–Trinajstić information content (AvgIpc) is 2.91. The summed E-state index contributed by atoms with van der Waals surface area (Å²) in [5, 5.41) is 0. The monoisotopic (exact) mass is 299 g/mol. The maximum absolute atomic E-state index is 11.1. The Morgan fingerprint density at radius 2 is 1.95 bits per heavy atom. The number of benzene rings is 2. The van der Waals surface area contributed by atoms with E-state index in [2.05, 4.69) is 4.98 Å². The number of H-pyrrole nitrogens is 1. The zero-order valence-corrected chi connectivity index (χ0v) is 12.3. The van der Waals surface area contributed by atoms with Crippen molar-refractivity contribution in [3.05, 3.63) is 58.6 Å². The molecule has 0 amide bonds. The molecule has 0 radical (unpaired) electrons. The molecule has 0 fully saturated rings. The van der Waals surface area contributed by atoms with Crippen molar-refractivity contribution in [2.24, 2.45) is 0 Å². The van der Waals surface area contributed by atoms with Crippen LogP contribution in [0.3, 0.4) is 0 Å². The molecule has 1 heterocycles. The van der Waals surface area contributed by atoms with Gasteiger partial charge in [-0.15, -0.1) is 0 Å². The van der Waals surface area contributed by atoms with Crippen molar-refractivity contribution < 1.29 is 13.9 Å². The molecule has 5 heteroatoms. The molecule has 3 aromatic rings. The van der Waals surface area contributed by atoms with Gasteiger partial charge in [0.15, 0.2) is 17.1 Å². The molecule has 0 bridgehead atoms. The van der Waals surface area contributed by atoms with Crippen LogP contribution in [0.25, 0.3) is 11.1 Å². The first-order chi connectivity index (χ1) is 10.8. The number of oxazole rings is 1. The van der Waals surface area contributed by atoms with Crippen molar-refractivity contribution in [3.8, 4) is 11.5 Å². The molecular weight excluding hydrogens is 282 g/mol. The summed E-state index contributed by atoms with van der Waals surface area (Å²) >= 11 is 0. The highest BCUT2D eigenvalue weighted by atomic mass is 16.5. The van der Waals surface area contributed by atoms with Gasteiger partial charge in [-0.05, 0) is 42.7 Å². The van der Waals surface area contributed by atoms with E-state index in [1.54, 1.807) is 7.11 Å². The summed E-state index contributed by atoms with van der Waals surface area (Å²) in [4.78, 5) is 13.8. The molecule has 1 aromatic heterocycles. The minimum atomic E-state index is -0.424. The van der Waals surface area contributed by atoms with Gasteiger partial charge in [0.2, 0.25) is 0 Å². The Labute approximate surface area is 127 Å². The average molecular weight is 299 g/mol. The standard InChI is InChI=1S/C17H17NO4/c1-20-15-6-2-3-7-16(15)21-10-4-5-12-8-9-14-13(11-12)18-17(19)22-14/h2-3,6-9,11H,4-5,10H2,1H3,(H,18,19). The van der Waals surface area contributed by atoms with Gasteiger partial charge in [0, 0.05) is 0 Å². The van der Waals surface area contributed by atoms with Crippen LogP contribution in [0.1, 0.15) is 12.0 Å². The zero-order chi connectivity index (χ0) is 15.4. The molecule has 3 rings (SSSR count). The number of aromatic amines is 1. The number of hydrogen-bond donors (Lipinski definition) is 1. The van der Waals surface area contributed by atoms with Crippen LogP contribution >= 0.6 is 0 Å². The number of aromatic nitrogens is 1. The van der Waals surface area contributed by atoms with Crippen molar-refractivity contribution in [1.82, 2.24) is 4.98 Å². The summed E-state index contributed by atoms with van der Waals surface area (Å²) in [5.41, 5.74) is 2.44. The Morgan fingerprint density at radius 1 is 1.14 bits per heavy atom. The second-order valence-electron chi connectivity index (χ2n) is 4.95. The molecule has 0 aliphatic heterocycles. The van der Waals surface area contributed by atoms with E-state index in [1.165, 1.54) is 0 Å². The first kappa shape index (κ1) is 14.3. The lowest BCUT2D eigenvalue weighted by Crippen LogP contribution is -2.01. The third kappa shape index (κ3) is 3.14. The molecule has 2 aromatic carbocycles. The SMILES string of the molecule is COc1ccccc1OCCCc1ccc2oc(=O)[nH]c2c1. The van der Waals surface area contributed by atoms with Gasteiger partial charge >= 0.3 is 5.76 Å². The third-order valence-corrected chi connectivity index (χ3v) is 3.42. The molecule has 0 atom stereocenters. The highest BCUT2D eigenvalue weighted by molar-refractivity contribution is 5.72. The van der Waals surface area contributed by atoms with Crippen LogP contribution in [0.2, 0.25) is 0 Å². The lowest BCUT2D eigenvalue weighted by atomic mass is 10.1. The van der Waals surface area contributed by atoms with Crippen LogP contribution < -0.4 is 15.2 Å². The van der Waals surface area contributed by atoms with E-state index < -0.39 is 5.76 Å². The fourth-order valence-electron chi connectivity index (χ4n) is 2.35. The Bertz CT molecular complexity index is 819. The molecule has 114 valence electrons. The zero-order valence-electron chi connectivity index (χ0n) is 12.3. The van der Waals surface area contributed by atoms with Gasteiger partial charge in [-0.3, -0.25) is 4.98 Å². The maximum atomic E-state index is 11.1. The van der Waals surface area contributed by atoms with E-state index in [0.29, 0.717) is 12.2 Å². The minimum Gasteiger partial charge on any atom is -0.493 e. The second kappa shape index (κ2) is 6.39. The van der Waals surface area contributed by atoms with Gasteiger partial charge in [0.1, 0.15) is 0 Å². The molecule has 0 aliphatic carbocycles. The van der Waals surface area contributed by atoms with E-state index in [9.17, 15) is 4.79 Å². The van der Waals surface area contributed by atoms with Gasteiger partial charge in [-0.2, -0.15) is 0 Å². The van der Waals surface area contributed by atoms with Crippen molar-refractivity contribution in [3.63, 3.8) is 0 Å². The topological polar surface area (TPSA) is 64.5 Å². The Balaban J connectivity index is 1.56. The summed E-state index contributed by atoms with van der Waals surface area (Å²) in [5.74, 6) is 1.06. The summed E-state index contributed by atoms with van der Waals surface area (Å²) in [6, 6.07) is 13.3. The fraction of sp³-hybridized carbons (Fsp3) is 0.235. The summed E-state index contributed by atoms with van der Waals surface area (Å²) < 4.78 is 16.0. The molecule has 0 spiro atoms. The van der Waals surface area contributed by atoms with Crippen molar-refractivity contribution >= 4 is 11.1 Å². The largest absolute Gasteiger partial charge is 0.493 e. The molecule has 5 nitrogen and oxygen atoms in total. The van der Waals surface area contributed by atoms with Gasteiger partial charge in [-0.1, -0.05) is 18.2 Å². The van der Waals surface area contributed by atoms with E-state index in [0.717, 1.165) is 35.4 Å². The van der Waals surface area contributed by atoms with Crippen LogP contribution in [0, 0.1) is 0 Å². The van der Waals surface area contributed by atoms with E-state index in [4.69, 9.17) is 13.9 Å². The van der Waals surface area contributed by atoms with Crippen molar-refractivity contribution in [1.29, 1.82) is 0 Å². The van der Waals surface area contributed by atoms with Crippen LogP contribution in [-0.2, 0) is 6.42 Å². The molecule has 1 N–H and O–H groups in total. The predicted molar refractivity (Wildman–Crippen MR) is 83.6 cm³/mol.